The number of hydrogen-bond acceptors (Lipinski definition) is 7. The van der Waals surface area contributed by atoms with E-state index in [0.29, 0.717) is 5.69 Å². The minimum atomic E-state index is -1.08. The molecule has 0 bridgehead atoms. The number of carbonyl (C=O) groups excluding carboxylic acids is 2. The molecule has 3 N–H and O–H groups in total. The Bertz CT molecular complexity index is 710. The second-order valence-electron chi connectivity index (χ2n) is 4.17. The zero-order valence-corrected chi connectivity index (χ0v) is 12.2. The van der Waals surface area contributed by atoms with E-state index in [-0.39, 0.29) is 16.7 Å². The minimum absolute atomic E-state index is 0.0737. The van der Waals surface area contributed by atoms with E-state index in [9.17, 15) is 9.59 Å². The molecule has 8 nitrogen and oxygen atoms in total. The average molecular weight is 322 g/mol. The van der Waals surface area contributed by atoms with Gasteiger partial charge in [0.15, 0.2) is 22.8 Å². The molecule has 9 heteroatoms. The maximum absolute atomic E-state index is 12.0. The number of nitrogens with zero attached hydrogens (tertiary/aromatic N) is 3. The normalized spacial score (nSPS) is 11.5. The predicted molar refractivity (Wildman–Crippen MR) is 79.2 cm³/mol. The van der Waals surface area contributed by atoms with Crippen LogP contribution in [0.1, 0.15) is 17.4 Å². The summed E-state index contributed by atoms with van der Waals surface area (Å²) in [5.41, 5.74) is 5.68. The second kappa shape index (κ2) is 6.81. The Kier molecular flexibility index (Phi) is 4.84. The molecular weight excluding hydrogens is 310 g/mol. The van der Waals surface area contributed by atoms with Crippen LogP contribution in [-0.2, 0) is 9.53 Å². The van der Waals surface area contributed by atoms with Gasteiger partial charge in [0, 0.05) is 18.6 Å². The van der Waals surface area contributed by atoms with Crippen LogP contribution >= 0.6 is 11.6 Å². The van der Waals surface area contributed by atoms with E-state index in [1.807, 2.05) is 0 Å². The fourth-order valence-electron chi connectivity index (χ4n) is 1.49. The molecule has 0 saturated heterocycles. The van der Waals surface area contributed by atoms with Gasteiger partial charge in [-0.1, -0.05) is 11.6 Å². The third-order valence-electron chi connectivity index (χ3n) is 2.59. The summed E-state index contributed by atoms with van der Waals surface area (Å²) in [6.45, 7) is 1.41. The smallest absolute Gasteiger partial charge is 0.361 e. The van der Waals surface area contributed by atoms with Crippen molar-refractivity contribution in [2.75, 3.05) is 11.1 Å². The van der Waals surface area contributed by atoms with E-state index in [0.717, 1.165) is 0 Å². The zero-order valence-electron chi connectivity index (χ0n) is 11.5. The Morgan fingerprint density at radius 1 is 1.27 bits per heavy atom. The van der Waals surface area contributed by atoms with Crippen molar-refractivity contribution in [3.05, 3.63) is 41.6 Å². The molecular formula is C13H12ClN5O3. The Labute approximate surface area is 130 Å². The van der Waals surface area contributed by atoms with E-state index >= 15 is 0 Å². The van der Waals surface area contributed by atoms with E-state index < -0.39 is 18.0 Å². The van der Waals surface area contributed by atoms with Gasteiger partial charge in [-0.15, -0.1) is 0 Å². The number of anilines is 2. The Hall–Kier alpha value is -2.74. The number of ether oxygens (including phenoxy) is 1. The summed E-state index contributed by atoms with van der Waals surface area (Å²) < 4.78 is 4.99. The van der Waals surface area contributed by atoms with Crippen LogP contribution in [0.4, 0.5) is 11.5 Å². The molecule has 0 radical (unpaired) electrons. The topological polar surface area (TPSA) is 120 Å². The molecule has 0 fully saturated rings. The van der Waals surface area contributed by atoms with E-state index in [1.165, 1.54) is 25.5 Å². The molecule has 22 heavy (non-hydrogen) atoms. The van der Waals surface area contributed by atoms with Gasteiger partial charge in [0.05, 0.1) is 5.69 Å². The summed E-state index contributed by atoms with van der Waals surface area (Å²) in [4.78, 5) is 35.2. The van der Waals surface area contributed by atoms with E-state index in [4.69, 9.17) is 22.1 Å². The van der Waals surface area contributed by atoms with Crippen molar-refractivity contribution >= 4 is 35.0 Å². The number of carbonyl (C=O) groups is 2. The monoisotopic (exact) mass is 321 g/mol. The number of amides is 1. The van der Waals surface area contributed by atoms with Gasteiger partial charge in [-0.05, 0) is 19.1 Å². The van der Waals surface area contributed by atoms with Crippen LogP contribution in [0.15, 0.2) is 30.7 Å². The number of nitrogens with two attached hydrogens (primary N) is 1. The first-order valence-electron chi connectivity index (χ1n) is 6.18. The minimum Gasteiger partial charge on any atom is -0.448 e. The van der Waals surface area contributed by atoms with Crippen molar-refractivity contribution in [1.82, 2.24) is 15.0 Å². The number of halogens is 1. The van der Waals surface area contributed by atoms with Crippen molar-refractivity contribution in [1.29, 1.82) is 0 Å². The Balaban J connectivity index is 2.01. The van der Waals surface area contributed by atoms with E-state index in [1.54, 1.807) is 12.1 Å². The van der Waals surface area contributed by atoms with Crippen LogP contribution in [0.25, 0.3) is 0 Å². The van der Waals surface area contributed by atoms with Crippen LogP contribution in [0.2, 0.25) is 5.15 Å². The number of nitrogen functional groups attached to an aromatic ring is 1. The lowest BCUT2D eigenvalue weighted by Gasteiger charge is -2.13. The van der Waals surface area contributed by atoms with Crippen molar-refractivity contribution < 1.29 is 14.3 Å². The standard InChI is InChI=1S/C13H12ClN5O3/c1-7(12(20)19-8-3-2-4-17-10(8)14)22-13(21)9-11(15)18-6-5-16-9/h2-7H,1H3,(H2,15,18)(H,19,20). The van der Waals surface area contributed by atoms with Crippen molar-refractivity contribution in [3.8, 4) is 0 Å². The SMILES string of the molecule is CC(OC(=O)c1nccnc1N)C(=O)Nc1cccnc1Cl. The first-order chi connectivity index (χ1) is 10.5. The van der Waals surface area contributed by atoms with Crippen molar-refractivity contribution in [2.45, 2.75) is 13.0 Å². The third-order valence-corrected chi connectivity index (χ3v) is 2.89. The van der Waals surface area contributed by atoms with E-state index in [2.05, 4.69) is 20.3 Å². The predicted octanol–water partition coefficient (Wildman–Crippen LogP) is 1.29. The second-order valence-corrected chi connectivity index (χ2v) is 4.53. The largest absolute Gasteiger partial charge is 0.448 e. The van der Waals surface area contributed by atoms with Crippen molar-refractivity contribution in [3.63, 3.8) is 0 Å². The molecule has 0 aliphatic heterocycles. The molecule has 2 heterocycles. The number of aromatic nitrogens is 3. The van der Waals surface area contributed by atoms with Gasteiger partial charge in [0.1, 0.15) is 0 Å². The summed E-state index contributed by atoms with van der Waals surface area (Å²) in [5.74, 6) is -1.48. The molecule has 1 amide bonds. The lowest BCUT2D eigenvalue weighted by Crippen LogP contribution is -2.30. The molecule has 0 saturated carbocycles. The number of esters is 1. The molecule has 0 aliphatic carbocycles. The molecule has 0 aliphatic rings. The quantitative estimate of drug-likeness (QED) is 0.643. The van der Waals surface area contributed by atoms with Crippen LogP contribution in [0, 0.1) is 0 Å². The molecule has 114 valence electrons. The third kappa shape index (κ3) is 3.67. The van der Waals surface area contributed by atoms with Gasteiger partial charge in [-0.3, -0.25) is 4.79 Å². The van der Waals surface area contributed by atoms with Crippen LogP contribution in [-0.4, -0.2) is 32.9 Å². The van der Waals surface area contributed by atoms with Crippen LogP contribution in [0.3, 0.4) is 0 Å². The lowest BCUT2D eigenvalue weighted by atomic mass is 10.3. The highest BCUT2D eigenvalue weighted by Crippen LogP contribution is 2.18. The zero-order chi connectivity index (χ0) is 16.1. The molecule has 1 unspecified atom stereocenters. The van der Waals surface area contributed by atoms with Crippen LogP contribution < -0.4 is 11.1 Å². The van der Waals surface area contributed by atoms with Gasteiger partial charge in [-0.25, -0.2) is 19.7 Å². The summed E-state index contributed by atoms with van der Waals surface area (Å²) in [7, 11) is 0. The fraction of sp³-hybridized carbons (Fsp3) is 0.154. The van der Waals surface area contributed by atoms with Gasteiger partial charge < -0.3 is 15.8 Å². The Morgan fingerprint density at radius 2 is 2.00 bits per heavy atom. The molecule has 2 aromatic heterocycles. The van der Waals surface area contributed by atoms with Gasteiger partial charge in [0.2, 0.25) is 0 Å². The highest BCUT2D eigenvalue weighted by molar-refractivity contribution is 6.32. The molecule has 1 atom stereocenters. The van der Waals surface area contributed by atoms with Crippen molar-refractivity contribution in [2.24, 2.45) is 0 Å². The average Bonchev–Trinajstić information content (AvgIpc) is 2.49. The molecule has 2 aromatic rings. The Morgan fingerprint density at radius 3 is 2.68 bits per heavy atom. The maximum atomic E-state index is 12.0. The number of pyridine rings is 1. The number of nitrogens with one attached hydrogen (secondary N) is 1. The van der Waals surface area contributed by atoms with Gasteiger partial charge >= 0.3 is 5.97 Å². The molecule has 0 aromatic carbocycles. The summed E-state index contributed by atoms with van der Waals surface area (Å²) >= 11 is 5.83. The highest BCUT2D eigenvalue weighted by atomic mass is 35.5. The summed E-state index contributed by atoms with van der Waals surface area (Å²) in [6, 6.07) is 3.18. The van der Waals surface area contributed by atoms with Crippen LogP contribution in [0.5, 0.6) is 0 Å². The number of rotatable bonds is 4. The summed E-state index contributed by atoms with van der Waals surface area (Å²) in [5, 5.41) is 2.64. The molecule has 0 spiro atoms. The summed E-state index contributed by atoms with van der Waals surface area (Å²) in [6.07, 6.45) is 3.04. The first-order valence-corrected chi connectivity index (χ1v) is 6.55. The fourth-order valence-corrected chi connectivity index (χ4v) is 1.66. The molecule has 2 rings (SSSR count). The highest BCUT2D eigenvalue weighted by Gasteiger charge is 2.22. The van der Waals surface area contributed by atoms with Gasteiger partial charge in [0.25, 0.3) is 5.91 Å². The van der Waals surface area contributed by atoms with Gasteiger partial charge in [-0.2, -0.15) is 0 Å². The lowest BCUT2D eigenvalue weighted by molar-refractivity contribution is -0.123. The number of hydrogen-bond donors (Lipinski definition) is 2. The maximum Gasteiger partial charge on any atom is 0.361 e. The first kappa shape index (κ1) is 15.6.